The molecule has 1 aliphatic heterocycles. The zero-order valence-corrected chi connectivity index (χ0v) is 17.9. The summed E-state index contributed by atoms with van der Waals surface area (Å²) in [6, 6.07) is 16.1. The fraction of sp³-hybridized carbons (Fsp3) is 0.391. The van der Waals surface area contributed by atoms with E-state index in [1.807, 2.05) is 12.1 Å². The molecule has 0 saturated carbocycles. The Morgan fingerprint density at radius 1 is 1.17 bits per heavy atom. The van der Waals surface area contributed by atoms with Crippen LogP contribution in [0.5, 0.6) is 0 Å². The van der Waals surface area contributed by atoms with Crippen molar-refractivity contribution in [1.82, 2.24) is 15.5 Å². The van der Waals surface area contributed by atoms with Crippen molar-refractivity contribution >= 4 is 23.6 Å². The van der Waals surface area contributed by atoms with Gasteiger partial charge in [-0.2, -0.15) is 0 Å². The van der Waals surface area contributed by atoms with Crippen LogP contribution in [0.25, 0.3) is 0 Å². The van der Waals surface area contributed by atoms with Gasteiger partial charge in [-0.1, -0.05) is 42.0 Å². The van der Waals surface area contributed by atoms with E-state index in [1.165, 1.54) is 21.6 Å². The maximum absolute atomic E-state index is 12.5. The lowest BCUT2D eigenvalue weighted by Gasteiger charge is -2.35. The Balaban J connectivity index is 1.49. The molecular formula is C23H29N3O2S. The number of piperazine rings is 1. The Bertz CT molecular complexity index is 838. The Morgan fingerprint density at radius 3 is 2.69 bits per heavy atom. The molecular weight excluding hydrogens is 382 g/mol. The first kappa shape index (κ1) is 21.4. The Kier molecular flexibility index (Phi) is 7.72. The molecule has 3 rings (SSSR count). The van der Waals surface area contributed by atoms with Gasteiger partial charge in [0, 0.05) is 36.8 Å². The predicted octanol–water partition coefficient (Wildman–Crippen LogP) is 2.90. The smallest absolute Gasteiger partial charge is 0.237 e. The molecule has 1 saturated heterocycles. The van der Waals surface area contributed by atoms with Crippen molar-refractivity contribution in [1.29, 1.82) is 0 Å². The van der Waals surface area contributed by atoms with Gasteiger partial charge in [0.05, 0.1) is 12.5 Å². The number of thioether (sulfide) groups is 1. The first-order chi connectivity index (χ1) is 14.0. The van der Waals surface area contributed by atoms with Gasteiger partial charge in [0.1, 0.15) is 0 Å². The zero-order valence-electron chi connectivity index (χ0n) is 17.1. The highest BCUT2D eigenvalue weighted by molar-refractivity contribution is 7.99. The van der Waals surface area contributed by atoms with Crippen LogP contribution in [-0.4, -0.2) is 48.1 Å². The minimum absolute atomic E-state index is 0.0611. The highest BCUT2D eigenvalue weighted by atomic mass is 32.2. The van der Waals surface area contributed by atoms with E-state index in [1.54, 1.807) is 11.8 Å². The van der Waals surface area contributed by atoms with E-state index in [4.69, 9.17) is 0 Å². The van der Waals surface area contributed by atoms with Crippen LogP contribution in [0.1, 0.15) is 23.1 Å². The fourth-order valence-electron chi connectivity index (χ4n) is 3.42. The van der Waals surface area contributed by atoms with E-state index >= 15 is 0 Å². The third-order valence-corrected chi connectivity index (χ3v) is 6.18. The number of hydrogen-bond donors (Lipinski definition) is 2. The highest BCUT2D eigenvalue weighted by Crippen LogP contribution is 2.18. The monoisotopic (exact) mass is 411 g/mol. The molecule has 0 aromatic heterocycles. The van der Waals surface area contributed by atoms with Crippen LogP contribution in [0.2, 0.25) is 0 Å². The molecule has 0 bridgehead atoms. The van der Waals surface area contributed by atoms with E-state index in [0.717, 1.165) is 12.3 Å². The second-order valence-electron chi connectivity index (χ2n) is 7.42. The summed E-state index contributed by atoms with van der Waals surface area (Å²) < 4.78 is 0. The van der Waals surface area contributed by atoms with Gasteiger partial charge in [-0.25, -0.2) is 0 Å². The molecule has 0 radical (unpaired) electrons. The first-order valence-electron chi connectivity index (χ1n) is 10.1. The van der Waals surface area contributed by atoms with Crippen molar-refractivity contribution in [3.8, 4) is 0 Å². The predicted molar refractivity (Wildman–Crippen MR) is 118 cm³/mol. The second kappa shape index (κ2) is 10.5. The Morgan fingerprint density at radius 2 is 1.93 bits per heavy atom. The molecule has 2 aromatic carbocycles. The number of carbonyl (C=O) groups is 2. The van der Waals surface area contributed by atoms with Crippen LogP contribution >= 0.6 is 11.8 Å². The molecule has 6 heteroatoms. The van der Waals surface area contributed by atoms with Crippen molar-refractivity contribution in [2.75, 3.05) is 25.4 Å². The van der Waals surface area contributed by atoms with E-state index in [2.05, 4.69) is 65.8 Å². The SMILES string of the molecule is Cc1ccc(SCCNC(=O)CC2C(=O)NCCN2Cc2ccccc2C)cc1. The molecule has 5 nitrogen and oxygen atoms in total. The lowest BCUT2D eigenvalue weighted by atomic mass is 10.0. The molecule has 1 aliphatic rings. The van der Waals surface area contributed by atoms with Gasteiger partial charge in [0.15, 0.2) is 0 Å². The van der Waals surface area contributed by atoms with Crippen molar-refractivity contribution in [2.24, 2.45) is 0 Å². The van der Waals surface area contributed by atoms with Gasteiger partial charge in [-0.15, -0.1) is 11.8 Å². The van der Waals surface area contributed by atoms with Gasteiger partial charge in [0.2, 0.25) is 11.8 Å². The average molecular weight is 412 g/mol. The Labute approximate surface area is 177 Å². The minimum atomic E-state index is -0.423. The van der Waals surface area contributed by atoms with E-state index in [0.29, 0.717) is 19.6 Å². The number of benzene rings is 2. The quantitative estimate of drug-likeness (QED) is 0.518. The molecule has 1 unspecified atom stereocenters. The van der Waals surface area contributed by atoms with Crippen molar-refractivity contribution in [3.63, 3.8) is 0 Å². The van der Waals surface area contributed by atoms with E-state index in [9.17, 15) is 9.59 Å². The molecule has 29 heavy (non-hydrogen) atoms. The van der Waals surface area contributed by atoms with E-state index in [-0.39, 0.29) is 18.2 Å². The molecule has 1 heterocycles. The maximum atomic E-state index is 12.5. The average Bonchev–Trinajstić information content (AvgIpc) is 2.71. The van der Waals surface area contributed by atoms with E-state index < -0.39 is 6.04 Å². The molecule has 154 valence electrons. The van der Waals surface area contributed by atoms with Gasteiger partial charge < -0.3 is 10.6 Å². The van der Waals surface area contributed by atoms with Crippen molar-refractivity contribution in [3.05, 3.63) is 65.2 Å². The topological polar surface area (TPSA) is 61.4 Å². The minimum Gasteiger partial charge on any atom is -0.355 e. The van der Waals surface area contributed by atoms with Crippen LogP contribution < -0.4 is 10.6 Å². The van der Waals surface area contributed by atoms with Crippen LogP contribution in [0.3, 0.4) is 0 Å². The Hall–Kier alpha value is -2.31. The first-order valence-corrected chi connectivity index (χ1v) is 11.0. The van der Waals surface area contributed by atoms with Gasteiger partial charge in [0.25, 0.3) is 0 Å². The molecule has 0 aliphatic carbocycles. The van der Waals surface area contributed by atoms with Crippen molar-refractivity contribution in [2.45, 2.75) is 37.8 Å². The molecule has 2 aromatic rings. The number of carbonyl (C=O) groups excluding carboxylic acids is 2. The number of nitrogens with one attached hydrogen (secondary N) is 2. The maximum Gasteiger partial charge on any atom is 0.237 e. The standard InChI is InChI=1S/C23H29N3O2S/c1-17-7-9-20(10-8-17)29-14-12-24-22(27)15-21-23(28)25-11-13-26(21)16-19-6-4-3-5-18(19)2/h3-10,21H,11-16H2,1-2H3,(H,24,27)(H,25,28). The largest absolute Gasteiger partial charge is 0.355 e. The summed E-state index contributed by atoms with van der Waals surface area (Å²) in [5.41, 5.74) is 3.64. The van der Waals surface area contributed by atoms with Crippen LogP contribution in [-0.2, 0) is 16.1 Å². The number of hydrogen-bond acceptors (Lipinski definition) is 4. The molecule has 1 fully saturated rings. The summed E-state index contributed by atoms with van der Waals surface area (Å²) in [6.07, 6.45) is 0.187. The number of rotatable bonds is 8. The molecule has 2 N–H and O–H groups in total. The van der Waals surface area contributed by atoms with Crippen LogP contribution in [0, 0.1) is 13.8 Å². The zero-order chi connectivity index (χ0) is 20.6. The number of amides is 2. The van der Waals surface area contributed by atoms with Gasteiger partial charge >= 0.3 is 0 Å². The van der Waals surface area contributed by atoms with Crippen LogP contribution in [0.15, 0.2) is 53.4 Å². The third-order valence-electron chi connectivity index (χ3n) is 5.17. The van der Waals surface area contributed by atoms with Crippen LogP contribution in [0.4, 0.5) is 0 Å². The molecule has 2 amide bonds. The highest BCUT2D eigenvalue weighted by Gasteiger charge is 2.31. The second-order valence-corrected chi connectivity index (χ2v) is 8.59. The summed E-state index contributed by atoms with van der Waals surface area (Å²) in [6.45, 7) is 6.79. The summed E-state index contributed by atoms with van der Waals surface area (Å²) in [4.78, 5) is 28.2. The number of nitrogens with zero attached hydrogens (tertiary/aromatic N) is 1. The fourth-order valence-corrected chi connectivity index (χ4v) is 4.19. The third kappa shape index (κ3) is 6.34. The normalized spacial score (nSPS) is 17.0. The molecule has 1 atom stereocenters. The summed E-state index contributed by atoms with van der Waals surface area (Å²) >= 11 is 1.72. The lowest BCUT2D eigenvalue weighted by molar-refractivity contribution is -0.134. The summed E-state index contributed by atoms with van der Waals surface area (Å²) in [7, 11) is 0. The number of aryl methyl sites for hydroxylation is 2. The summed E-state index contributed by atoms with van der Waals surface area (Å²) in [5.74, 6) is 0.666. The molecule has 0 spiro atoms. The lowest BCUT2D eigenvalue weighted by Crippen LogP contribution is -2.56. The van der Waals surface area contributed by atoms with Crippen molar-refractivity contribution < 1.29 is 9.59 Å². The van der Waals surface area contributed by atoms with Gasteiger partial charge in [-0.3, -0.25) is 14.5 Å². The summed E-state index contributed by atoms with van der Waals surface area (Å²) in [5, 5.41) is 5.86. The van der Waals surface area contributed by atoms with Gasteiger partial charge in [-0.05, 0) is 37.1 Å².